The Bertz CT molecular complexity index is 76.6. The molecule has 0 aromatic carbocycles. The summed E-state index contributed by atoms with van der Waals surface area (Å²) in [4.78, 5) is 0. The van der Waals surface area contributed by atoms with Gasteiger partial charge in [0.25, 0.3) is 0 Å². The van der Waals surface area contributed by atoms with Crippen molar-refractivity contribution >= 4 is 39.5 Å². The molecule has 0 bridgehead atoms. The summed E-state index contributed by atoms with van der Waals surface area (Å²) in [5.74, 6) is 0.844. The predicted molar refractivity (Wildman–Crippen MR) is 74.2 cm³/mol. The first-order valence-corrected chi connectivity index (χ1v) is 9.51. The second-order valence-electron chi connectivity index (χ2n) is 3.87. The van der Waals surface area contributed by atoms with Gasteiger partial charge in [0.05, 0.1) is 0 Å². The molecule has 0 rings (SSSR count). The average molecular weight is 243 g/mol. The third-order valence-electron chi connectivity index (χ3n) is 2.49. The molecule has 0 aromatic rings. The molecule has 0 aliphatic rings. The van der Waals surface area contributed by atoms with Crippen LogP contribution in [-0.4, -0.2) is 33.8 Å². The Kier molecular flexibility index (Phi) is 25.7. The Morgan fingerprint density at radius 2 is 1.00 bits per heavy atom. The second-order valence-corrected chi connectivity index (χ2v) is 4.25. The van der Waals surface area contributed by atoms with E-state index in [4.69, 9.17) is 11.6 Å². The third kappa shape index (κ3) is 21.2. The Hall–Kier alpha value is 1.29. The van der Waals surface area contributed by atoms with E-state index in [1.807, 2.05) is 0 Å². The van der Waals surface area contributed by atoms with E-state index in [9.17, 15) is 0 Å². The molecular formula is C13H28ClNa. The minimum absolute atomic E-state index is 0.844. The maximum absolute atomic E-state index is 5.60. The van der Waals surface area contributed by atoms with E-state index in [-0.39, 0.29) is 0 Å². The predicted octanol–water partition coefficient (Wildman–Crippen LogP) is 5.35. The molecule has 0 N–H and O–H groups in total. The van der Waals surface area contributed by atoms with Gasteiger partial charge in [-0.05, 0) is 6.42 Å². The third-order valence-corrected chi connectivity index (χ3v) is 2.75. The van der Waals surface area contributed by atoms with Gasteiger partial charge in [-0.25, -0.2) is 0 Å². The Labute approximate surface area is 120 Å². The number of hydrogen-bond donors (Lipinski definition) is 0. The maximum atomic E-state index is 5.60. The normalized spacial score (nSPS) is 9.67. The van der Waals surface area contributed by atoms with Crippen molar-refractivity contribution in [2.45, 2.75) is 75.3 Å². The molecule has 0 spiro atoms. The standard InChI is InChI=1S/C12H25Cl.CH3.Na/c1-2-3-4-5-6-7-8-9-10-11-12-13;;/h2-12H2,1H3;1H3;. The molecule has 0 aliphatic heterocycles. The SMILES string of the molecule is CCCCCCCCCCCCCl.[CH3][Na]. The molecule has 0 amide bonds. The molecule has 0 unspecified atom stereocenters. The topological polar surface area (TPSA) is 0 Å². The van der Waals surface area contributed by atoms with Crippen molar-refractivity contribution in [3.8, 4) is 0 Å². The van der Waals surface area contributed by atoms with Crippen LogP contribution in [0.1, 0.15) is 71.1 Å². The first kappa shape index (κ1) is 18.6. The van der Waals surface area contributed by atoms with Crippen LogP contribution in [0.3, 0.4) is 0 Å². The van der Waals surface area contributed by atoms with Gasteiger partial charge in [-0.2, -0.15) is 0 Å². The van der Waals surface area contributed by atoms with E-state index < -0.39 is 0 Å². The van der Waals surface area contributed by atoms with Gasteiger partial charge in [0.2, 0.25) is 0 Å². The van der Waals surface area contributed by atoms with Gasteiger partial charge in [0.15, 0.2) is 0 Å². The van der Waals surface area contributed by atoms with Crippen LogP contribution in [0.2, 0.25) is 4.17 Å². The van der Waals surface area contributed by atoms with Crippen molar-refractivity contribution in [3.05, 3.63) is 0 Å². The molecule has 88 valence electrons. The summed E-state index contributed by atoms with van der Waals surface area (Å²) in [6.07, 6.45) is 13.9. The molecular weight excluding hydrogens is 215 g/mol. The van der Waals surface area contributed by atoms with Crippen LogP contribution in [0.25, 0.3) is 0 Å². The fourth-order valence-corrected chi connectivity index (χ4v) is 1.77. The molecule has 0 heterocycles. The summed E-state index contributed by atoms with van der Waals surface area (Å²) in [7, 11) is 0. The van der Waals surface area contributed by atoms with Gasteiger partial charge in [-0.1, -0.05) is 64.7 Å². The van der Waals surface area contributed by atoms with E-state index in [1.165, 1.54) is 92.1 Å². The van der Waals surface area contributed by atoms with Crippen LogP contribution in [-0.2, 0) is 0 Å². The summed E-state index contributed by atoms with van der Waals surface area (Å²) in [5.41, 5.74) is 0. The Morgan fingerprint density at radius 3 is 1.33 bits per heavy atom. The van der Waals surface area contributed by atoms with Crippen LogP contribution < -0.4 is 0 Å². The fraction of sp³-hybridized carbons (Fsp3) is 1.00. The molecule has 0 aromatic heterocycles. The quantitative estimate of drug-likeness (QED) is 0.275. The number of alkyl halides is 1. The zero-order chi connectivity index (χ0) is 11.8. The molecule has 0 fully saturated rings. The van der Waals surface area contributed by atoms with E-state index >= 15 is 0 Å². The van der Waals surface area contributed by atoms with Gasteiger partial charge >= 0.3 is 32.1 Å². The first-order chi connectivity index (χ1) is 7.41. The summed E-state index contributed by atoms with van der Waals surface area (Å²) >= 11 is 6.90. The molecule has 2 heteroatoms. The summed E-state index contributed by atoms with van der Waals surface area (Å²) in [6.45, 7) is 2.27. The van der Waals surface area contributed by atoms with Crippen LogP contribution in [0.15, 0.2) is 0 Å². The van der Waals surface area contributed by atoms with Crippen molar-refractivity contribution in [2.75, 3.05) is 5.88 Å². The van der Waals surface area contributed by atoms with E-state index in [2.05, 4.69) is 11.1 Å². The van der Waals surface area contributed by atoms with E-state index in [1.54, 1.807) is 0 Å². The summed E-state index contributed by atoms with van der Waals surface area (Å²) < 4.78 is 2.14. The van der Waals surface area contributed by atoms with Gasteiger partial charge in [0.1, 0.15) is 0 Å². The van der Waals surface area contributed by atoms with Gasteiger partial charge in [-0.3, -0.25) is 0 Å². The van der Waals surface area contributed by atoms with Gasteiger partial charge < -0.3 is 0 Å². The average Bonchev–Trinajstić information content (AvgIpc) is 2.30. The van der Waals surface area contributed by atoms with Crippen LogP contribution in [0.4, 0.5) is 0 Å². The van der Waals surface area contributed by atoms with Gasteiger partial charge in [0, 0.05) is 5.88 Å². The van der Waals surface area contributed by atoms with Crippen molar-refractivity contribution < 1.29 is 0 Å². The number of rotatable bonds is 10. The zero-order valence-electron chi connectivity index (χ0n) is 11.2. The number of halogens is 1. The van der Waals surface area contributed by atoms with Crippen molar-refractivity contribution in [1.29, 1.82) is 0 Å². The molecule has 0 saturated carbocycles. The number of unbranched alkanes of at least 4 members (excludes halogenated alkanes) is 9. The Balaban J connectivity index is 0. The monoisotopic (exact) mass is 242 g/mol. The van der Waals surface area contributed by atoms with Crippen LogP contribution >= 0.6 is 11.6 Å². The Morgan fingerprint density at radius 1 is 0.667 bits per heavy atom. The summed E-state index contributed by atoms with van der Waals surface area (Å²) in [6, 6.07) is 0. The zero-order valence-corrected chi connectivity index (χ0v) is 13.9. The molecule has 0 saturated heterocycles. The van der Waals surface area contributed by atoms with Crippen molar-refractivity contribution in [1.82, 2.24) is 0 Å². The molecule has 0 radical (unpaired) electrons. The minimum atomic E-state index is 0.844. The van der Waals surface area contributed by atoms with E-state index in [0.717, 1.165) is 5.88 Å². The van der Waals surface area contributed by atoms with Crippen molar-refractivity contribution in [2.24, 2.45) is 0 Å². The van der Waals surface area contributed by atoms with Crippen LogP contribution in [0, 0.1) is 0 Å². The summed E-state index contributed by atoms with van der Waals surface area (Å²) in [5, 5.41) is 0. The van der Waals surface area contributed by atoms with Crippen LogP contribution in [0.5, 0.6) is 0 Å². The van der Waals surface area contributed by atoms with Crippen molar-refractivity contribution in [3.63, 3.8) is 0 Å². The fourth-order valence-electron chi connectivity index (χ4n) is 1.58. The second kappa shape index (κ2) is 20.7. The van der Waals surface area contributed by atoms with Gasteiger partial charge in [-0.15, -0.1) is 11.6 Å². The molecule has 0 atom stereocenters. The molecule has 0 nitrogen and oxygen atoms in total. The number of hydrogen-bond acceptors (Lipinski definition) is 0. The molecule has 15 heavy (non-hydrogen) atoms. The first-order valence-electron chi connectivity index (χ1n) is 6.97. The van der Waals surface area contributed by atoms with E-state index in [0.29, 0.717) is 0 Å². The molecule has 0 aliphatic carbocycles.